The van der Waals surface area contributed by atoms with E-state index in [-0.39, 0.29) is 26.9 Å². The molecule has 4 nitrogen and oxygen atoms in total. The van der Waals surface area contributed by atoms with Crippen molar-refractivity contribution in [3.63, 3.8) is 0 Å². The minimum atomic E-state index is -2.38. The Hall–Kier alpha value is -1.35. The van der Waals surface area contributed by atoms with Crippen LogP contribution >= 0.6 is 92.8 Å². The number of anilines is 1. The van der Waals surface area contributed by atoms with Crippen LogP contribution in [0.15, 0.2) is 48.5 Å². The molecule has 0 unspecified atom stereocenters. The van der Waals surface area contributed by atoms with Crippen LogP contribution in [0.1, 0.15) is 33.0 Å². The molecule has 3 aromatic rings. The van der Waals surface area contributed by atoms with Gasteiger partial charge in [0.15, 0.2) is 11.6 Å². The first kappa shape index (κ1) is 32.6. The zero-order valence-electron chi connectivity index (χ0n) is 20.2. The number of rotatable bonds is 8. The number of halogens is 10. The molecule has 1 amide bonds. The molecule has 1 aliphatic carbocycles. The van der Waals surface area contributed by atoms with E-state index in [2.05, 4.69) is 5.32 Å². The molecule has 0 bridgehead atoms. The molecular formula is C27H15Cl8F2NO3. The highest BCUT2D eigenvalue weighted by atomic mass is 35.6. The lowest BCUT2D eigenvalue weighted by Crippen LogP contribution is -2.22. The normalized spacial score (nSPS) is 17.7. The molecule has 0 radical (unpaired) electrons. The summed E-state index contributed by atoms with van der Waals surface area (Å²) in [5.74, 6) is -5.83. The first-order valence-corrected chi connectivity index (χ1v) is 14.6. The van der Waals surface area contributed by atoms with Gasteiger partial charge in [-0.25, -0.2) is 8.78 Å². The van der Waals surface area contributed by atoms with Crippen LogP contribution in [-0.4, -0.2) is 25.6 Å². The van der Waals surface area contributed by atoms with Crippen molar-refractivity contribution >= 4 is 116 Å². The molecule has 4 rings (SSSR count). The van der Waals surface area contributed by atoms with Gasteiger partial charge >= 0.3 is 0 Å². The van der Waals surface area contributed by atoms with Crippen molar-refractivity contribution < 1.29 is 23.2 Å². The summed E-state index contributed by atoms with van der Waals surface area (Å²) in [6.45, 7) is 0. The Kier molecular flexibility index (Phi) is 9.79. The number of amides is 1. The summed E-state index contributed by atoms with van der Waals surface area (Å²) in [5, 5.41) is 3.29. The van der Waals surface area contributed by atoms with Crippen LogP contribution in [0.3, 0.4) is 0 Å². The van der Waals surface area contributed by atoms with Gasteiger partial charge in [-0.1, -0.05) is 81.7 Å². The summed E-state index contributed by atoms with van der Waals surface area (Å²) in [5.41, 5.74) is -0.101. The van der Waals surface area contributed by atoms with Gasteiger partial charge in [-0.05, 0) is 47.5 Å². The van der Waals surface area contributed by atoms with Gasteiger partial charge in [-0.3, -0.25) is 14.4 Å². The lowest BCUT2D eigenvalue weighted by molar-refractivity contribution is -0.118. The molecule has 216 valence electrons. The molecule has 3 aromatic carbocycles. The van der Waals surface area contributed by atoms with Gasteiger partial charge in [0.1, 0.15) is 16.0 Å². The van der Waals surface area contributed by atoms with Gasteiger partial charge in [0, 0.05) is 35.6 Å². The topological polar surface area (TPSA) is 63.2 Å². The Bertz CT molecular complexity index is 1570. The average Bonchev–Trinajstić information content (AvgIpc) is 3.47. The molecule has 1 fully saturated rings. The molecule has 1 saturated carbocycles. The first-order valence-electron chi connectivity index (χ1n) is 11.5. The first-order chi connectivity index (χ1) is 19.0. The Morgan fingerprint density at radius 1 is 0.854 bits per heavy atom. The van der Waals surface area contributed by atoms with Crippen molar-refractivity contribution in [2.45, 2.75) is 26.9 Å². The second-order valence-corrected chi connectivity index (χ2v) is 14.1. The van der Waals surface area contributed by atoms with Crippen LogP contribution in [0.2, 0.25) is 15.1 Å². The summed E-state index contributed by atoms with van der Waals surface area (Å²) < 4.78 is 25.6. The number of hydrogen-bond acceptors (Lipinski definition) is 3. The predicted molar refractivity (Wildman–Crippen MR) is 161 cm³/mol. The van der Waals surface area contributed by atoms with Crippen molar-refractivity contribution in [2.24, 2.45) is 5.92 Å². The van der Waals surface area contributed by atoms with E-state index in [4.69, 9.17) is 92.8 Å². The lowest BCUT2D eigenvalue weighted by atomic mass is 9.98. The van der Waals surface area contributed by atoms with Gasteiger partial charge in [0.2, 0.25) is 9.70 Å². The Morgan fingerprint density at radius 3 is 2.15 bits per heavy atom. The summed E-state index contributed by atoms with van der Waals surface area (Å²) in [7, 11) is 0. The molecule has 0 spiro atoms. The fraction of sp³-hybridized carbons (Fsp3) is 0.222. The van der Waals surface area contributed by atoms with Gasteiger partial charge < -0.3 is 5.32 Å². The number of benzene rings is 3. The van der Waals surface area contributed by atoms with E-state index >= 15 is 4.39 Å². The third-order valence-electron chi connectivity index (χ3n) is 6.44. The van der Waals surface area contributed by atoms with Crippen molar-refractivity contribution in [3.05, 3.63) is 97.5 Å². The lowest BCUT2D eigenvalue weighted by Gasteiger charge is -2.13. The molecular weight excluding hydrogens is 708 g/mol. The van der Waals surface area contributed by atoms with E-state index in [0.717, 1.165) is 12.1 Å². The number of alkyl halides is 5. The minimum Gasteiger partial charge on any atom is -0.326 e. The fourth-order valence-corrected chi connectivity index (χ4v) is 5.84. The smallest absolute Gasteiger partial charge is 0.249 e. The minimum absolute atomic E-state index is 0.0197. The van der Waals surface area contributed by atoms with Gasteiger partial charge in [0.25, 0.3) is 0 Å². The maximum absolute atomic E-state index is 15.1. The van der Waals surface area contributed by atoms with E-state index in [1.54, 1.807) is 18.2 Å². The number of Topliss-reactive ketones (excluding diaryl/α,β-unsaturated/α-hetero) is 2. The largest absolute Gasteiger partial charge is 0.326 e. The standard InChI is InChI=1S/C27H15Cl8F2NO3/c28-16-5-3-13(38-25(41)23-22(26(23,31)32)11-1-4-17(29)18(30)7-11)9-14(16)20(39)8-12-2-6-19(36)15(24(12)37)10-21(40)27(33,34)35/h1-7,9,22-23H,8,10H2,(H,38,41)/t22-,23+/m0/s1. The van der Waals surface area contributed by atoms with Crippen molar-refractivity contribution in [3.8, 4) is 0 Å². The number of carbonyl (C=O) groups is 3. The van der Waals surface area contributed by atoms with Gasteiger partial charge in [-0.2, -0.15) is 0 Å². The monoisotopic (exact) mass is 719 g/mol. The number of carbonyl (C=O) groups excluding carboxylic acids is 3. The van der Waals surface area contributed by atoms with E-state index in [0.29, 0.717) is 10.6 Å². The highest BCUT2D eigenvalue weighted by molar-refractivity contribution is 6.76. The molecule has 2 atom stereocenters. The zero-order valence-corrected chi connectivity index (χ0v) is 26.2. The number of ketones is 2. The molecule has 0 saturated heterocycles. The summed E-state index contributed by atoms with van der Waals surface area (Å²) in [6.07, 6.45) is -1.39. The third kappa shape index (κ3) is 7.08. The second-order valence-electron chi connectivity index (χ2n) is 9.18. The number of nitrogens with one attached hydrogen (secondary N) is 1. The molecule has 14 heteroatoms. The Labute approximate surface area is 273 Å². The molecule has 0 aliphatic heterocycles. The summed E-state index contributed by atoms with van der Waals surface area (Å²) >= 11 is 47.6. The molecule has 0 aromatic heterocycles. The van der Waals surface area contributed by atoms with Crippen molar-refractivity contribution in [1.82, 2.24) is 0 Å². The Morgan fingerprint density at radius 2 is 1.51 bits per heavy atom. The van der Waals surface area contributed by atoms with Crippen molar-refractivity contribution in [2.75, 3.05) is 5.32 Å². The van der Waals surface area contributed by atoms with Crippen LogP contribution in [0, 0.1) is 17.6 Å². The highest BCUT2D eigenvalue weighted by Crippen LogP contribution is 2.65. The van der Waals surface area contributed by atoms with Crippen LogP contribution in [0.25, 0.3) is 0 Å². The average molecular weight is 723 g/mol. The SMILES string of the molecule is O=C(Cc1ccc(F)c(CC(=O)C(Cl)(Cl)Cl)c1F)c1cc(NC(=O)[C@H]2[C@H](c3ccc(Cl)c(Cl)c3)C2(Cl)Cl)ccc1Cl. The fourth-order valence-electron chi connectivity index (χ4n) is 4.28. The second kappa shape index (κ2) is 12.3. The molecule has 0 heterocycles. The zero-order chi connectivity index (χ0) is 30.4. The summed E-state index contributed by atoms with van der Waals surface area (Å²) in [6, 6.07) is 10.9. The van der Waals surface area contributed by atoms with E-state index in [1.807, 2.05) is 0 Å². The quantitative estimate of drug-likeness (QED) is 0.186. The summed E-state index contributed by atoms with van der Waals surface area (Å²) in [4.78, 5) is 38.2. The van der Waals surface area contributed by atoms with E-state index in [1.165, 1.54) is 18.2 Å². The van der Waals surface area contributed by atoms with Crippen LogP contribution in [-0.2, 0) is 22.4 Å². The highest BCUT2D eigenvalue weighted by Gasteiger charge is 2.67. The maximum Gasteiger partial charge on any atom is 0.249 e. The third-order valence-corrected chi connectivity index (χ3v) is 9.08. The van der Waals surface area contributed by atoms with Crippen LogP contribution in [0.4, 0.5) is 14.5 Å². The maximum atomic E-state index is 15.1. The van der Waals surface area contributed by atoms with Gasteiger partial charge in [-0.15, -0.1) is 23.2 Å². The van der Waals surface area contributed by atoms with Crippen molar-refractivity contribution in [1.29, 1.82) is 0 Å². The predicted octanol–water partition coefficient (Wildman–Crippen LogP) is 9.36. The van der Waals surface area contributed by atoms with Crippen LogP contribution in [0.5, 0.6) is 0 Å². The Balaban J connectivity index is 1.52. The van der Waals surface area contributed by atoms with E-state index in [9.17, 15) is 18.8 Å². The molecule has 1 N–H and O–H groups in total. The number of hydrogen-bond donors (Lipinski definition) is 1. The van der Waals surface area contributed by atoms with Gasteiger partial charge in [0.05, 0.1) is 21.0 Å². The molecule has 41 heavy (non-hydrogen) atoms. The van der Waals surface area contributed by atoms with Crippen LogP contribution < -0.4 is 5.32 Å². The van der Waals surface area contributed by atoms with E-state index < -0.39 is 67.5 Å². The molecule has 1 aliphatic rings.